The van der Waals surface area contributed by atoms with Gasteiger partial charge in [0, 0.05) is 12.6 Å². The zero-order chi connectivity index (χ0) is 25.1. The van der Waals surface area contributed by atoms with Gasteiger partial charge < -0.3 is 29.2 Å². The standard InChI is InChI=1S/C28H34N2O5/c1-17-22(11-18-12-25(33-4)28(35-6)26(13-18)34-5)21-8-7-20(32-3)14-24(21)23(17)15-27(31)29-19-9-10-30(2)16-19/h7-8,11-14,19H,9-10,15-16H2,1-6H3,(H,29,31)/b22-11-. The van der Waals surface area contributed by atoms with Crippen LogP contribution in [0.3, 0.4) is 0 Å². The minimum Gasteiger partial charge on any atom is -0.497 e. The Labute approximate surface area is 207 Å². The summed E-state index contributed by atoms with van der Waals surface area (Å²) in [5.41, 5.74) is 6.15. The van der Waals surface area contributed by atoms with Crippen LogP contribution in [0.4, 0.5) is 0 Å². The van der Waals surface area contributed by atoms with Crippen LogP contribution in [-0.4, -0.2) is 65.4 Å². The molecule has 1 aliphatic carbocycles. The summed E-state index contributed by atoms with van der Waals surface area (Å²) >= 11 is 0. The Balaban J connectivity index is 1.73. The Hall–Kier alpha value is -3.45. The molecule has 1 heterocycles. The fourth-order valence-electron chi connectivity index (χ4n) is 4.96. The number of benzene rings is 2. The number of carbonyl (C=O) groups excluding carboxylic acids is 1. The van der Waals surface area contributed by atoms with E-state index < -0.39 is 0 Å². The average Bonchev–Trinajstić information content (AvgIpc) is 3.38. The third-order valence-corrected chi connectivity index (χ3v) is 6.79. The van der Waals surface area contributed by atoms with Gasteiger partial charge in [0.15, 0.2) is 11.5 Å². The van der Waals surface area contributed by atoms with E-state index in [4.69, 9.17) is 18.9 Å². The molecule has 186 valence electrons. The number of likely N-dealkylation sites (tertiary alicyclic amines) is 1. The Bertz CT molecular complexity index is 1160. The molecular formula is C28H34N2O5. The molecule has 1 aliphatic heterocycles. The van der Waals surface area contributed by atoms with Crippen LogP contribution in [0.2, 0.25) is 0 Å². The van der Waals surface area contributed by atoms with Crippen molar-refractivity contribution in [3.63, 3.8) is 0 Å². The molecule has 1 fully saturated rings. The van der Waals surface area contributed by atoms with Gasteiger partial charge in [-0.1, -0.05) is 6.07 Å². The predicted molar refractivity (Wildman–Crippen MR) is 138 cm³/mol. The summed E-state index contributed by atoms with van der Waals surface area (Å²) in [6, 6.07) is 10.1. The molecular weight excluding hydrogens is 444 g/mol. The third-order valence-electron chi connectivity index (χ3n) is 6.79. The maximum atomic E-state index is 13.0. The van der Waals surface area contributed by atoms with Crippen LogP contribution < -0.4 is 24.3 Å². The Morgan fingerprint density at radius 2 is 1.74 bits per heavy atom. The zero-order valence-corrected chi connectivity index (χ0v) is 21.4. The summed E-state index contributed by atoms with van der Waals surface area (Å²) < 4.78 is 22.0. The third kappa shape index (κ3) is 5.00. The lowest BCUT2D eigenvalue weighted by Gasteiger charge is -2.14. The highest BCUT2D eigenvalue weighted by Gasteiger charge is 2.28. The van der Waals surface area contributed by atoms with E-state index in [1.165, 1.54) is 0 Å². The van der Waals surface area contributed by atoms with E-state index in [1.807, 2.05) is 24.3 Å². The molecule has 0 saturated carbocycles. The number of likely N-dealkylation sites (N-methyl/N-ethyl adjacent to an activating group) is 1. The van der Waals surface area contributed by atoms with E-state index in [-0.39, 0.29) is 11.9 Å². The van der Waals surface area contributed by atoms with Crippen molar-refractivity contribution >= 4 is 23.1 Å². The van der Waals surface area contributed by atoms with E-state index in [2.05, 4.69) is 36.3 Å². The molecule has 1 unspecified atom stereocenters. The maximum absolute atomic E-state index is 13.0. The zero-order valence-electron chi connectivity index (χ0n) is 21.4. The van der Waals surface area contributed by atoms with E-state index in [0.717, 1.165) is 58.7 Å². The highest BCUT2D eigenvalue weighted by atomic mass is 16.5. The van der Waals surface area contributed by atoms with Crippen molar-refractivity contribution < 1.29 is 23.7 Å². The number of nitrogens with zero attached hydrogens (tertiary/aromatic N) is 1. The van der Waals surface area contributed by atoms with Crippen molar-refractivity contribution in [3.05, 3.63) is 52.6 Å². The van der Waals surface area contributed by atoms with E-state index in [0.29, 0.717) is 23.7 Å². The summed E-state index contributed by atoms with van der Waals surface area (Å²) in [7, 11) is 8.54. The first-order valence-corrected chi connectivity index (χ1v) is 11.8. The minimum absolute atomic E-state index is 0.0439. The fourth-order valence-corrected chi connectivity index (χ4v) is 4.96. The van der Waals surface area contributed by atoms with Gasteiger partial charge in [0.1, 0.15) is 5.75 Å². The molecule has 35 heavy (non-hydrogen) atoms. The highest BCUT2D eigenvalue weighted by Crippen LogP contribution is 2.46. The lowest BCUT2D eigenvalue weighted by Crippen LogP contribution is -2.36. The van der Waals surface area contributed by atoms with Crippen LogP contribution in [0.25, 0.3) is 17.2 Å². The molecule has 0 spiro atoms. The van der Waals surface area contributed by atoms with Crippen molar-refractivity contribution in [3.8, 4) is 23.0 Å². The molecule has 7 nitrogen and oxygen atoms in total. The molecule has 1 saturated heterocycles. The van der Waals surface area contributed by atoms with Crippen molar-refractivity contribution in [2.24, 2.45) is 0 Å². The van der Waals surface area contributed by atoms with Crippen molar-refractivity contribution in [2.75, 3.05) is 48.6 Å². The number of methoxy groups -OCH3 is 4. The van der Waals surface area contributed by atoms with Crippen LogP contribution in [-0.2, 0) is 4.79 Å². The van der Waals surface area contributed by atoms with E-state index in [1.54, 1.807) is 28.4 Å². The summed E-state index contributed by atoms with van der Waals surface area (Å²) in [5, 5.41) is 3.21. The van der Waals surface area contributed by atoms with Crippen LogP contribution in [0, 0.1) is 0 Å². The van der Waals surface area contributed by atoms with Crippen LogP contribution >= 0.6 is 0 Å². The van der Waals surface area contributed by atoms with Gasteiger partial charge in [-0.05, 0) is 90.7 Å². The topological polar surface area (TPSA) is 69.3 Å². The van der Waals surface area contributed by atoms with Gasteiger partial charge in [0.2, 0.25) is 11.7 Å². The van der Waals surface area contributed by atoms with Gasteiger partial charge in [0.05, 0.1) is 34.9 Å². The summed E-state index contributed by atoms with van der Waals surface area (Å²) in [6.45, 7) is 3.97. The highest BCUT2D eigenvalue weighted by molar-refractivity contribution is 6.08. The van der Waals surface area contributed by atoms with Gasteiger partial charge in [-0.25, -0.2) is 0 Å². The van der Waals surface area contributed by atoms with Gasteiger partial charge in [-0.2, -0.15) is 0 Å². The number of ether oxygens (including phenoxy) is 4. The monoisotopic (exact) mass is 478 g/mol. The number of allylic oxidation sites excluding steroid dienone is 2. The maximum Gasteiger partial charge on any atom is 0.224 e. The minimum atomic E-state index is 0.0439. The number of carbonyl (C=O) groups is 1. The quantitative estimate of drug-likeness (QED) is 0.612. The number of rotatable bonds is 8. The molecule has 1 amide bonds. The van der Waals surface area contributed by atoms with Crippen molar-refractivity contribution in [2.45, 2.75) is 25.8 Å². The predicted octanol–water partition coefficient (Wildman–Crippen LogP) is 4.26. The lowest BCUT2D eigenvalue weighted by molar-refractivity contribution is -0.120. The van der Waals surface area contributed by atoms with Crippen molar-refractivity contribution in [1.82, 2.24) is 10.2 Å². The number of hydrogen-bond acceptors (Lipinski definition) is 6. The molecule has 2 aliphatic rings. The first kappa shape index (κ1) is 24.7. The summed E-state index contributed by atoms with van der Waals surface area (Å²) in [4.78, 5) is 15.3. The Morgan fingerprint density at radius 3 is 2.31 bits per heavy atom. The molecule has 2 aromatic carbocycles. The van der Waals surface area contributed by atoms with Crippen LogP contribution in [0.5, 0.6) is 23.0 Å². The van der Waals surface area contributed by atoms with E-state index in [9.17, 15) is 4.79 Å². The molecule has 1 N–H and O–H groups in total. The second-order valence-corrected chi connectivity index (χ2v) is 9.02. The summed E-state index contributed by atoms with van der Waals surface area (Å²) in [5.74, 6) is 2.54. The molecule has 0 bridgehead atoms. The number of fused-ring (bicyclic) bond motifs is 1. The van der Waals surface area contributed by atoms with Crippen LogP contribution in [0.1, 0.15) is 36.5 Å². The second kappa shape index (κ2) is 10.4. The smallest absolute Gasteiger partial charge is 0.224 e. The molecule has 0 radical (unpaired) electrons. The largest absolute Gasteiger partial charge is 0.497 e. The first-order chi connectivity index (χ1) is 16.9. The first-order valence-electron chi connectivity index (χ1n) is 11.8. The Kier molecular flexibility index (Phi) is 7.36. The number of amides is 1. The molecule has 4 rings (SSSR count). The van der Waals surface area contributed by atoms with Gasteiger partial charge in [-0.15, -0.1) is 0 Å². The van der Waals surface area contributed by atoms with Gasteiger partial charge in [0.25, 0.3) is 0 Å². The van der Waals surface area contributed by atoms with Crippen LogP contribution in [0.15, 0.2) is 35.9 Å². The number of hydrogen-bond donors (Lipinski definition) is 1. The molecule has 0 aromatic heterocycles. The lowest BCUT2D eigenvalue weighted by atomic mass is 10.00. The normalized spacial score (nSPS) is 18.6. The Morgan fingerprint density at radius 1 is 1.03 bits per heavy atom. The van der Waals surface area contributed by atoms with Gasteiger partial charge in [-0.3, -0.25) is 4.79 Å². The fraction of sp³-hybridized carbons (Fsp3) is 0.393. The summed E-state index contributed by atoms with van der Waals surface area (Å²) in [6.07, 6.45) is 3.40. The SMILES string of the molecule is COc1ccc2c(c1)C(CC(=O)NC1CCN(C)C1)=C(C)/C2=C/c1cc(OC)c(OC)c(OC)c1. The molecule has 7 heteroatoms. The average molecular weight is 479 g/mol. The van der Waals surface area contributed by atoms with E-state index >= 15 is 0 Å². The molecule has 2 aromatic rings. The van der Waals surface area contributed by atoms with Gasteiger partial charge >= 0.3 is 0 Å². The molecule has 1 atom stereocenters. The second-order valence-electron chi connectivity index (χ2n) is 9.02. The van der Waals surface area contributed by atoms with Crippen molar-refractivity contribution in [1.29, 1.82) is 0 Å². The number of nitrogens with one attached hydrogen (secondary N) is 1.